The number of carbonyl (C=O) groups excluding carboxylic acids is 2. The smallest absolute Gasteiger partial charge is 0.338 e. The number of hydrogen-bond acceptors (Lipinski definition) is 6. The fourth-order valence-corrected chi connectivity index (χ4v) is 4.03. The quantitative estimate of drug-likeness (QED) is 0.315. The number of unbranched alkanes of at least 4 members (excludes halogenated alkanes) is 1. The molecule has 0 atom stereocenters. The zero-order valence-corrected chi connectivity index (χ0v) is 19.6. The molecule has 0 saturated carbocycles. The third-order valence-corrected chi connectivity index (χ3v) is 5.94. The van der Waals surface area contributed by atoms with Gasteiger partial charge in [-0.3, -0.25) is 4.79 Å². The molecular weight excluding hydrogens is 422 g/mol. The van der Waals surface area contributed by atoms with E-state index >= 15 is 0 Å². The number of rotatable bonds is 9. The van der Waals surface area contributed by atoms with E-state index in [1.165, 1.54) is 17.4 Å². The van der Waals surface area contributed by atoms with E-state index in [2.05, 4.69) is 41.2 Å². The molecule has 1 aliphatic rings. The standard InChI is InChI=1S/C25H29N3O3S/c1-4-7-16-31-24(30)19-10-12-20(13-11-19)26-25-27-23(29)22(32-25)17-18-8-14-21(15-9-18)28(5-2)6-3/h8-15,17H,4-7,16H2,1-3H3,(H,26,27,29)/b22-17-. The normalized spacial score (nSPS) is 15.8. The zero-order valence-electron chi connectivity index (χ0n) is 18.8. The molecule has 0 aliphatic carbocycles. The van der Waals surface area contributed by atoms with Crippen molar-refractivity contribution in [1.82, 2.24) is 5.32 Å². The maximum atomic E-state index is 12.4. The lowest BCUT2D eigenvalue weighted by atomic mass is 10.1. The van der Waals surface area contributed by atoms with Gasteiger partial charge in [-0.2, -0.15) is 0 Å². The van der Waals surface area contributed by atoms with E-state index in [1.807, 2.05) is 25.1 Å². The van der Waals surface area contributed by atoms with E-state index in [1.54, 1.807) is 24.3 Å². The molecule has 7 heteroatoms. The summed E-state index contributed by atoms with van der Waals surface area (Å²) in [5, 5.41) is 3.31. The van der Waals surface area contributed by atoms with Crippen LogP contribution in [0, 0.1) is 0 Å². The summed E-state index contributed by atoms with van der Waals surface area (Å²) in [6.45, 7) is 8.64. The zero-order chi connectivity index (χ0) is 22.9. The highest BCUT2D eigenvalue weighted by atomic mass is 32.2. The number of nitrogens with zero attached hydrogens (tertiary/aromatic N) is 2. The Bertz CT molecular complexity index is 994. The molecule has 0 aromatic heterocycles. The number of anilines is 1. The number of esters is 1. The number of carbonyl (C=O) groups is 2. The highest BCUT2D eigenvalue weighted by Gasteiger charge is 2.23. The predicted molar refractivity (Wildman–Crippen MR) is 132 cm³/mol. The first-order valence-corrected chi connectivity index (χ1v) is 11.8. The Morgan fingerprint density at radius 1 is 1.06 bits per heavy atom. The van der Waals surface area contributed by atoms with Gasteiger partial charge in [0.05, 0.1) is 22.8 Å². The summed E-state index contributed by atoms with van der Waals surface area (Å²) in [6.07, 6.45) is 3.69. The average Bonchev–Trinajstić information content (AvgIpc) is 3.14. The van der Waals surface area contributed by atoms with Crippen molar-refractivity contribution in [2.75, 3.05) is 24.6 Å². The summed E-state index contributed by atoms with van der Waals surface area (Å²) in [5.74, 6) is -0.504. The number of aliphatic imine (C=N–C) groups is 1. The Balaban J connectivity index is 1.65. The van der Waals surface area contributed by atoms with Crippen molar-refractivity contribution in [2.45, 2.75) is 33.6 Å². The molecule has 6 nitrogen and oxygen atoms in total. The number of amidine groups is 1. The molecule has 1 heterocycles. The van der Waals surface area contributed by atoms with Crippen LogP contribution in [0.1, 0.15) is 49.5 Å². The number of nitrogens with one attached hydrogen (secondary N) is 1. The first kappa shape index (κ1) is 23.6. The van der Waals surface area contributed by atoms with Crippen molar-refractivity contribution in [2.24, 2.45) is 4.99 Å². The van der Waals surface area contributed by atoms with E-state index in [0.29, 0.717) is 27.9 Å². The minimum absolute atomic E-state index is 0.169. The van der Waals surface area contributed by atoms with Gasteiger partial charge in [0.1, 0.15) is 0 Å². The van der Waals surface area contributed by atoms with Gasteiger partial charge in [0.2, 0.25) is 0 Å². The van der Waals surface area contributed by atoms with Gasteiger partial charge in [-0.05, 0) is 80.1 Å². The molecule has 2 aromatic carbocycles. The van der Waals surface area contributed by atoms with Crippen molar-refractivity contribution < 1.29 is 14.3 Å². The Morgan fingerprint density at radius 3 is 2.38 bits per heavy atom. The van der Waals surface area contributed by atoms with Gasteiger partial charge in [-0.1, -0.05) is 25.5 Å². The minimum atomic E-state index is -0.335. The highest BCUT2D eigenvalue weighted by Crippen LogP contribution is 2.28. The third kappa shape index (κ3) is 6.23. The largest absolute Gasteiger partial charge is 0.462 e. The Hall–Kier alpha value is -3.06. The summed E-state index contributed by atoms with van der Waals surface area (Å²) in [4.78, 5) is 31.7. The molecule has 168 valence electrons. The second kappa shape index (κ2) is 11.5. The van der Waals surface area contributed by atoms with Crippen LogP contribution in [0.25, 0.3) is 6.08 Å². The molecule has 1 amide bonds. The molecule has 1 aliphatic heterocycles. The van der Waals surface area contributed by atoms with Gasteiger partial charge < -0.3 is 15.0 Å². The third-order valence-electron chi connectivity index (χ3n) is 5.04. The number of hydrogen-bond donors (Lipinski definition) is 1. The number of amides is 1. The van der Waals surface area contributed by atoms with E-state index in [9.17, 15) is 9.59 Å². The van der Waals surface area contributed by atoms with Crippen molar-refractivity contribution in [3.05, 3.63) is 64.6 Å². The summed E-state index contributed by atoms with van der Waals surface area (Å²) < 4.78 is 5.21. The van der Waals surface area contributed by atoms with Crippen molar-refractivity contribution in [3.63, 3.8) is 0 Å². The first-order chi connectivity index (χ1) is 15.5. The van der Waals surface area contributed by atoms with Crippen LogP contribution in [-0.2, 0) is 9.53 Å². The molecule has 1 N–H and O–H groups in total. The van der Waals surface area contributed by atoms with Crippen LogP contribution in [0.2, 0.25) is 0 Å². The van der Waals surface area contributed by atoms with E-state index in [4.69, 9.17) is 4.74 Å². The average molecular weight is 452 g/mol. The van der Waals surface area contributed by atoms with Crippen LogP contribution in [0.15, 0.2) is 58.4 Å². The van der Waals surface area contributed by atoms with Gasteiger partial charge in [0.15, 0.2) is 5.17 Å². The second-order valence-corrected chi connectivity index (χ2v) is 8.31. The van der Waals surface area contributed by atoms with Crippen molar-refractivity contribution in [3.8, 4) is 0 Å². The highest BCUT2D eigenvalue weighted by molar-refractivity contribution is 8.18. The van der Waals surface area contributed by atoms with Gasteiger partial charge in [-0.15, -0.1) is 0 Å². The monoisotopic (exact) mass is 451 g/mol. The minimum Gasteiger partial charge on any atom is -0.462 e. The number of thioether (sulfide) groups is 1. The van der Waals surface area contributed by atoms with Crippen LogP contribution in [0.3, 0.4) is 0 Å². The van der Waals surface area contributed by atoms with E-state index in [0.717, 1.165) is 31.5 Å². The van der Waals surface area contributed by atoms with E-state index < -0.39 is 0 Å². The van der Waals surface area contributed by atoms with Gasteiger partial charge in [0, 0.05) is 18.8 Å². The fourth-order valence-electron chi connectivity index (χ4n) is 3.18. The summed E-state index contributed by atoms with van der Waals surface area (Å²) >= 11 is 1.30. The molecule has 32 heavy (non-hydrogen) atoms. The van der Waals surface area contributed by atoms with Gasteiger partial charge in [0.25, 0.3) is 5.91 Å². The summed E-state index contributed by atoms with van der Waals surface area (Å²) in [7, 11) is 0. The Kier molecular flexibility index (Phi) is 8.50. The second-order valence-electron chi connectivity index (χ2n) is 7.28. The SMILES string of the molecule is CCCCOC(=O)c1ccc(N=C2NC(=O)/C(=C/c3ccc(N(CC)CC)cc3)S2)cc1. The van der Waals surface area contributed by atoms with E-state index in [-0.39, 0.29) is 11.9 Å². The lowest BCUT2D eigenvalue weighted by molar-refractivity contribution is -0.115. The molecule has 0 spiro atoms. The van der Waals surface area contributed by atoms with Crippen LogP contribution in [0.5, 0.6) is 0 Å². The molecule has 0 radical (unpaired) electrons. The molecule has 3 rings (SSSR count). The van der Waals surface area contributed by atoms with Crippen LogP contribution >= 0.6 is 11.8 Å². The molecule has 1 saturated heterocycles. The Morgan fingerprint density at radius 2 is 1.75 bits per heavy atom. The lowest BCUT2D eigenvalue weighted by Gasteiger charge is -2.20. The Labute approximate surface area is 193 Å². The molecular formula is C25H29N3O3S. The number of benzene rings is 2. The first-order valence-electron chi connectivity index (χ1n) is 11.0. The van der Waals surface area contributed by atoms with Crippen LogP contribution in [0.4, 0.5) is 11.4 Å². The number of ether oxygens (including phenoxy) is 1. The van der Waals surface area contributed by atoms with Gasteiger partial charge >= 0.3 is 5.97 Å². The molecule has 0 unspecified atom stereocenters. The summed E-state index contributed by atoms with van der Waals surface area (Å²) in [6, 6.07) is 15.0. The summed E-state index contributed by atoms with van der Waals surface area (Å²) in [5.41, 5.74) is 3.27. The van der Waals surface area contributed by atoms with Gasteiger partial charge in [-0.25, -0.2) is 9.79 Å². The maximum absolute atomic E-state index is 12.4. The molecule has 2 aromatic rings. The molecule has 1 fully saturated rings. The maximum Gasteiger partial charge on any atom is 0.338 e. The van der Waals surface area contributed by atoms with Crippen molar-refractivity contribution >= 4 is 46.3 Å². The topological polar surface area (TPSA) is 71.0 Å². The van der Waals surface area contributed by atoms with Crippen molar-refractivity contribution in [1.29, 1.82) is 0 Å². The molecule has 0 bridgehead atoms. The predicted octanol–water partition coefficient (Wildman–Crippen LogP) is 5.38. The fraction of sp³-hybridized carbons (Fsp3) is 0.320. The van der Waals surface area contributed by atoms with Crippen LogP contribution in [-0.4, -0.2) is 36.7 Å². The van der Waals surface area contributed by atoms with Crippen LogP contribution < -0.4 is 10.2 Å². The lowest BCUT2D eigenvalue weighted by Crippen LogP contribution is -2.21.